The van der Waals surface area contributed by atoms with E-state index in [2.05, 4.69) is 15.6 Å². The molecule has 0 radical (unpaired) electrons. The first-order chi connectivity index (χ1) is 12.1. The zero-order valence-corrected chi connectivity index (χ0v) is 14.6. The Kier molecular flexibility index (Phi) is 5.30. The lowest BCUT2D eigenvalue weighted by molar-refractivity contribution is -0.118. The van der Waals surface area contributed by atoms with E-state index in [1.54, 1.807) is 31.4 Å². The normalized spacial score (nSPS) is 14.6. The van der Waals surface area contributed by atoms with Crippen LogP contribution in [0.5, 0.6) is 5.88 Å². The van der Waals surface area contributed by atoms with Crippen LogP contribution in [0.25, 0.3) is 0 Å². The largest absolute Gasteiger partial charge is 0.475 e. The molecule has 2 aromatic heterocycles. The summed E-state index contributed by atoms with van der Waals surface area (Å²) in [6.07, 6.45) is 2.78. The maximum atomic E-state index is 12.5. The second-order valence-electron chi connectivity index (χ2n) is 5.69. The quantitative estimate of drug-likeness (QED) is 0.703. The molecule has 3 rings (SSSR count). The van der Waals surface area contributed by atoms with Crippen LogP contribution in [0, 0.1) is 0 Å². The predicted molar refractivity (Wildman–Crippen MR) is 94.0 cm³/mol. The standard InChI is InChI=1S/C17H19N3O4S/c1-23-8-9-24-14-5-4-12(11-18-14)19-16(22)17(6-7-17)20-15(21)13-3-2-10-25-13/h2-5,10-11H,6-9H2,1H3,(H,19,22)(H,20,21). The summed E-state index contributed by atoms with van der Waals surface area (Å²) >= 11 is 1.35. The van der Waals surface area contributed by atoms with Gasteiger partial charge in [-0.25, -0.2) is 4.98 Å². The highest BCUT2D eigenvalue weighted by molar-refractivity contribution is 7.12. The number of hydrogen-bond donors (Lipinski definition) is 2. The monoisotopic (exact) mass is 361 g/mol. The topological polar surface area (TPSA) is 89.5 Å². The Balaban J connectivity index is 1.55. The summed E-state index contributed by atoms with van der Waals surface area (Å²) in [6, 6.07) is 6.93. The van der Waals surface area contributed by atoms with Crippen molar-refractivity contribution in [3.05, 3.63) is 40.7 Å². The van der Waals surface area contributed by atoms with Crippen molar-refractivity contribution in [2.45, 2.75) is 18.4 Å². The SMILES string of the molecule is COCCOc1ccc(NC(=O)C2(NC(=O)c3cccs3)CC2)cn1. The number of anilines is 1. The molecule has 1 aliphatic carbocycles. The highest BCUT2D eigenvalue weighted by Gasteiger charge is 2.51. The van der Waals surface area contributed by atoms with E-state index in [4.69, 9.17) is 9.47 Å². The first-order valence-corrected chi connectivity index (χ1v) is 8.76. The van der Waals surface area contributed by atoms with Gasteiger partial charge in [-0.05, 0) is 30.4 Å². The van der Waals surface area contributed by atoms with Gasteiger partial charge in [0.05, 0.1) is 23.4 Å². The van der Waals surface area contributed by atoms with Crippen molar-refractivity contribution in [1.29, 1.82) is 0 Å². The van der Waals surface area contributed by atoms with Crippen LogP contribution < -0.4 is 15.4 Å². The Hall–Kier alpha value is -2.45. The van der Waals surface area contributed by atoms with Gasteiger partial charge in [-0.3, -0.25) is 9.59 Å². The third-order valence-electron chi connectivity index (χ3n) is 3.81. The van der Waals surface area contributed by atoms with Gasteiger partial charge in [0.15, 0.2) is 0 Å². The van der Waals surface area contributed by atoms with Gasteiger partial charge in [0.25, 0.3) is 5.91 Å². The van der Waals surface area contributed by atoms with Gasteiger partial charge in [0, 0.05) is 13.2 Å². The Morgan fingerprint density at radius 1 is 1.28 bits per heavy atom. The maximum Gasteiger partial charge on any atom is 0.262 e. The zero-order valence-electron chi connectivity index (χ0n) is 13.8. The Morgan fingerprint density at radius 2 is 2.12 bits per heavy atom. The number of methoxy groups -OCH3 is 1. The Morgan fingerprint density at radius 3 is 2.72 bits per heavy atom. The van der Waals surface area contributed by atoms with Crippen molar-refractivity contribution >= 4 is 28.8 Å². The molecular formula is C17H19N3O4S. The fraction of sp³-hybridized carbons (Fsp3) is 0.353. The number of hydrogen-bond acceptors (Lipinski definition) is 6. The van der Waals surface area contributed by atoms with E-state index >= 15 is 0 Å². The number of pyridine rings is 1. The number of nitrogens with zero attached hydrogens (tertiary/aromatic N) is 1. The molecular weight excluding hydrogens is 342 g/mol. The van der Waals surface area contributed by atoms with Crippen molar-refractivity contribution in [2.24, 2.45) is 0 Å². The second-order valence-corrected chi connectivity index (χ2v) is 6.64. The summed E-state index contributed by atoms with van der Waals surface area (Å²) in [5.74, 6) is 0.0112. The molecule has 0 bridgehead atoms. The highest BCUT2D eigenvalue weighted by Crippen LogP contribution is 2.37. The molecule has 2 N–H and O–H groups in total. The number of carbonyl (C=O) groups is 2. The summed E-state index contributed by atoms with van der Waals surface area (Å²) < 4.78 is 10.3. The van der Waals surface area contributed by atoms with Gasteiger partial charge in [-0.15, -0.1) is 11.3 Å². The summed E-state index contributed by atoms with van der Waals surface area (Å²) in [7, 11) is 1.60. The van der Waals surface area contributed by atoms with Gasteiger partial charge in [-0.1, -0.05) is 6.07 Å². The molecule has 7 nitrogen and oxygen atoms in total. The van der Waals surface area contributed by atoms with Gasteiger partial charge in [0.1, 0.15) is 12.1 Å². The molecule has 0 aliphatic heterocycles. The Bertz CT molecular complexity index is 727. The van der Waals surface area contributed by atoms with Crippen molar-refractivity contribution in [2.75, 3.05) is 25.6 Å². The first kappa shape index (κ1) is 17.4. The molecule has 2 heterocycles. The van der Waals surface area contributed by atoms with Crippen LogP contribution >= 0.6 is 11.3 Å². The summed E-state index contributed by atoms with van der Waals surface area (Å²) in [5, 5.41) is 7.46. The van der Waals surface area contributed by atoms with Crippen molar-refractivity contribution in [3.8, 4) is 5.88 Å². The van der Waals surface area contributed by atoms with Crippen molar-refractivity contribution in [3.63, 3.8) is 0 Å². The fourth-order valence-electron chi connectivity index (χ4n) is 2.24. The van der Waals surface area contributed by atoms with Gasteiger partial charge in [-0.2, -0.15) is 0 Å². The molecule has 0 saturated heterocycles. The molecule has 0 unspecified atom stereocenters. The van der Waals surface area contributed by atoms with E-state index in [-0.39, 0.29) is 11.8 Å². The van der Waals surface area contributed by atoms with E-state index < -0.39 is 5.54 Å². The average molecular weight is 361 g/mol. The Labute approximate surface area is 149 Å². The van der Waals surface area contributed by atoms with E-state index in [1.165, 1.54) is 17.5 Å². The lowest BCUT2D eigenvalue weighted by atomic mass is 10.2. The molecule has 2 amide bonds. The number of nitrogens with one attached hydrogen (secondary N) is 2. The summed E-state index contributed by atoms with van der Waals surface area (Å²) in [5.41, 5.74) is -0.268. The maximum absolute atomic E-state index is 12.5. The predicted octanol–water partition coefficient (Wildman–Crippen LogP) is 2.07. The van der Waals surface area contributed by atoms with Crippen molar-refractivity contribution < 1.29 is 19.1 Å². The van der Waals surface area contributed by atoms with Crippen LogP contribution in [-0.2, 0) is 9.53 Å². The van der Waals surface area contributed by atoms with Gasteiger partial charge >= 0.3 is 0 Å². The first-order valence-electron chi connectivity index (χ1n) is 7.88. The third kappa shape index (κ3) is 4.34. The van der Waals surface area contributed by atoms with E-state index in [9.17, 15) is 9.59 Å². The number of rotatable bonds is 8. The molecule has 1 saturated carbocycles. The molecule has 0 atom stereocenters. The number of aromatic nitrogens is 1. The lowest BCUT2D eigenvalue weighted by Crippen LogP contribution is -2.45. The highest BCUT2D eigenvalue weighted by atomic mass is 32.1. The van der Waals surface area contributed by atoms with Crippen molar-refractivity contribution in [1.82, 2.24) is 10.3 Å². The van der Waals surface area contributed by atoms with Crippen LogP contribution in [0.3, 0.4) is 0 Å². The number of ether oxygens (including phenoxy) is 2. The minimum atomic E-state index is -0.825. The summed E-state index contributed by atoms with van der Waals surface area (Å²) in [6.45, 7) is 0.889. The summed E-state index contributed by atoms with van der Waals surface area (Å²) in [4.78, 5) is 29.4. The molecule has 1 fully saturated rings. The number of thiophene rings is 1. The lowest BCUT2D eigenvalue weighted by Gasteiger charge is -2.16. The van der Waals surface area contributed by atoms with Crippen LogP contribution in [-0.4, -0.2) is 42.7 Å². The fourth-order valence-corrected chi connectivity index (χ4v) is 2.86. The van der Waals surface area contributed by atoms with Crippen LogP contribution in [0.1, 0.15) is 22.5 Å². The molecule has 1 aliphatic rings. The van der Waals surface area contributed by atoms with E-state index in [0.717, 1.165) is 0 Å². The zero-order chi connectivity index (χ0) is 17.7. The molecule has 0 spiro atoms. The molecule has 8 heteroatoms. The minimum Gasteiger partial charge on any atom is -0.475 e. The molecule has 0 aromatic carbocycles. The van der Waals surface area contributed by atoms with Gasteiger partial charge < -0.3 is 20.1 Å². The van der Waals surface area contributed by atoms with E-state index in [0.29, 0.717) is 42.5 Å². The third-order valence-corrected chi connectivity index (χ3v) is 4.68. The van der Waals surface area contributed by atoms with Crippen LogP contribution in [0.2, 0.25) is 0 Å². The average Bonchev–Trinajstić information content (AvgIpc) is 3.19. The number of amides is 2. The van der Waals surface area contributed by atoms with Gasteiger partial charge in [0.2, 0.25) is 11.8 Å². The van der Waals surface area contributed by atoms with Crippen LogP contribution in [0.15, 0.2) is 35.8 Å². The molecule has 2 aromatic rings. The second kappa shape index (κ2) is 7.62. The molecule has 132 valence electrons. The smallest absolute Gasteiger partial charge is 0.262 e. The number of carbonyl (C=O) groups excluding carboxylic acids is 2. The molecule has 25 heavy (non-hydrogen) atoms. The minimum absolute atomic E-state index is 0.220. The van der Waals surface area contributed by atoms with E-state index in [1.807, 2.05) is 5.38 Å². The van der Waals surface area contributed by atoms with Crippen LogP contribution in [0.4, 0.5) is 5.69 Å².